The molecule has 1 aliphatic heterocycles. The van der Waals surface area contributed by atoms with E-state index in [-0.39, 0.29) is 18.1 Å². The Morgan fingerprint density at radius 1 is 1.50 bits per heavy atom. The molecule has 2 atom stereocenters. The normalized spacial score (nSPS) is 21.2. The summed E-state index contributed by atoms with van der Waals surface area (Å²) in [5.41, 5.74) is 1.83. The predicted molar refractivity (Wildman–Crippen MR) is 83.6 cm³/mol. The van der Waals surface area contributed by atoms with Crippen molar-refractivity contribution in [2.75, 3.05) is 13.2 Å². The fraction of sp³-hybridized carbons (Fsp3) is 0.412. The minimum absolute atomic E-state index is 0.0616. The average molecular weight is 299 g/mol. The summed E-state index contributed by atoms with van der Waals surface area (Å²) in [6, 6.07) is 5.86. The maximum absolute atomic E-state index is 12.7. The Balaban J connectivity index is 1.80. The minimum Gasteiger partial charge on any atom is -0.376 e. The van der Waals surface area contributed by atoms with Crippen molar-refractivity contribution in [1.29, 1.82) is 0 Å². The second kappa shape index (κ2) is 6.75. The first-order valence-corrected chi connectivity index (χ1v) is 7.74. The molecule has 3 heterocycles. The Kier molecular flexibility index (Phi) is 4.53. The third-order valence-corrected chi connectivity index (χ3v) is 4.14. The van der Waals surface area contributed by atoms with E-state index in [2.05, 4.69) is 9.97 Å². The highest BCUT2D eigenvalue weighted by atomic mass is 16.5. The van der Waals surface area contributed by atoms with Crippen LogP contribution in [-0.4, -0.2) is 46.1 Å². The molecule has 1 aliphatic rings. The molecule has 1 saturated heterocycles. The van der Waals surface area contributed by atoms with Gasteiger partial charge in [-0.15, -0.1) is 0 Å². The zero-order valence-corrected chi connectivity index (χ0v) is 12.7. The van der Waals surface area contributed by atoms with Gasteiger partial charge in [0.1, 0.15) is 0 Å². The summed E-state index contributed by atoms with van der Waals surface area (Å²) in [6.45, 7) is 3.40. The summed E-state index contributed by atoms with van der Waals surface area (Å²) >= 11 is 0. The number of aromatic nitrogens is 2. The first kappa shape index (κ1) is 14.8. The van der Waals surface area contributed by atoms with Crippen molar-refractivity contribution in [2.45, 2.75) is 31.9 Å². The van der Waals surface area contributed by atoms with Crippen LogP contribution in [0.5, 0.6) is 0 Å². The maximum atomic E-state index is 12.7. The smallest absolute Gasteiger partial charge is 0.255 e. The van der Waals surface area contributed by atoms with Crippen molar-refractivity contribution < 1.29 is 9.53 Å². The van der Waals surface area contributed by atoms with Gasteiger partial charge in [0.2, 0.25) is 0 Å². The second-order valence-corrected chi connectivity index (χ2v) is 5.51. The number of pyridine rings is 1. The number of hydrogen-bond donors (Lipinski definition) is 1. The molecule has 2 aromatic rings. The topological polar surface area (TPSA) is 58.2 Å². The lowest BCUT2D eigenvalue weighted by Crippen LogP contribution is -2.41. The van der Waals surface area contributed by atoms with Gasteiger partial charge in [-0.1, -0.05) is 6.07 Å². The number of carbonyl (C=O) groups is 1. The summed E-state index contributed by atoms with van der Waals surface area (Å²) in [7, 11) is 0. The molecule has 0 bridgehead atoms. The Morgan fingerprint density at radius 2 is 2.41 bits per heavy atom. The van der Waals surface area contributed by atoms with E-state index in [4.69, 9.17) is 4.74 Å². The van der Waals surface area contributed by atoms with Gasteiger partial charge < -0.3 is 14.6 Å². The first-order chi connectivity index (χ1) is 10.8. The van der Waals surface area contributed by atoms with Crippen LogP contribution in [-0.2, 0) is 11.2 Å². The van der Waals surface area contributed by atoms with Crippen LogP contribution in [0, 0.1) is 0 Å². The fourth-order valence-electron chi connectivity index (χ4n) is 3.11. The SMILES string of the molecule is CCO[C@H]1CCN(C(=O)c2cc[nH]c2)[C@H]1Cc1cccnc1. The number of carbonyl (C=O) groups excluding carboxylic acids is 1. The predicted octanol–water partition coefficient (Wildman–Crippen LogP) is 2.27. The minimum atomic E-state index is 0.0616. The van der Waals surface area contributed by atoms with Gasteiger partial charge in [-0.3, -0.25) is 9.78 Å². The van der Waals surface area contributed by atoms with Crippen LogP contribution < -0.4 is 0 Å². The third-order valence-electron chi connectivity index (χ3n) is 4.14. The van der Waals surface area contributed by atoms with Crippen molar-refractivity contribution in [2.24, 2.45) is 0 Å². The molecule has 0 unspecified atom stereocenters. The van der Waals surface area contributed by atoms with Crippen LogP contribution in [0.2, 0.25) is 0 Å². The van der Waals surface area contributed by atoms with E-state index in [1.807, 2.05) is 36.2 Å². The van der Waals surface area contributed by atoms with Gasteiger partial charge in [0.15, 0.2) is 0 Å². The number of likely N-dealkylation sites (tertiary alicyclic amines) is 1. The van der Waals surface area contributed by atoms with E-state index >= 15 is 0 Å². The van der Waals surface area contributed by atoms with Gasteiger partial charge in [-0.05, 0) is 37.5 Å². The standard InChI is InChI=1S/C17H21N3O2/c1-2-22-16-6-9-20(17(21)14-5-8-19-12-14)15(16)10-13-4-3-7-18-11-13/h3-5,7-8,11-12,15-16,19H,2,6,9-10H2,1H3/t15-,16-/m0/s1. The molecule has 5 nitrogen and oxygen atoms in total. The lowest BCUT2D eigenvalue weighted by atomic mass is 10.0. The van der Waals surface area contributed by atoms with Gasteiger partial charge in [0, 0.05) is 37.9 Å². The second-order valence-electron chi connectivity index (χ2n) is 5.51. The first-order valence-electron chi connectivity index (χ1n) is 7.74. The molecule has 0 aliphatic carbocycles. The molecule has 0 aromatic carbocycles. The molecule has 5 heteroatoms. The molecular weight excluding hydrogens is 278 g/mol. The van der Waals surface area contributed by atoms with E-state index in [9.17, 15) is 4.79 Å². The fourth-order valence-corrected chi connectivity index (χ4v) is 3.11. The lowest BCUT2D eigenvalue weighted by molar-refractivity contribution is 0.0312. The molecule has 22 heavy (non-hydrogen) atoms. The van der Waals surface area contributed by atoms with E-state index in [1.54, 1.807) is 18.6 Å². The van der Waals surface area contributed by atoms with Crippen LogP contribution >= 0.6 is 0 Å². The van der Waals surface area contributed by atoms with Crippen molar-refractivity contribution in [3.63, 3.8) is 0 Å². The number of amides is 1. The number of ether oxygens (including phenoxy) is 1. The Hall–Kier alpha value is -2.14. The summed E-state index contributed by atoms with van der Waals surface area (Å²) in [5, 5.41) is 0. The van der Waals surface area contributed by atoms with E-state index in [0.29, 0.717) is 12.2 Å². The molecule has 1 amide bonds. The van der Waals surface area contributed by atoms with Crippen molar-refractivity contribution in [3.05, 3.63) is 54.1 Å². The monoisotopic (exact) mass is 299 g/mol. The van der Waals surface area contributed by atoms with Crippen LogP contribution in [0.15, 0.2) is 43.0 Å². The van der Waals surface area contributed by atoms with Gasteiger partial charge in [0.05, 0.1) is 17.7 Å². The zero-order chi connectivity index (χ0) is 15.4. The summed E-state index contributed by atoms with van der Waals surface area (Å²) in [5.74, 6) is 0.0670. The quantitative estimate of drug-likeness (QED) is 0.921. The number of aromatic amines is 1. The number of nitrogens with one attached hydrogen (secondary N) is 1. The number of rotatable bonds is 5. The molecule has 2 aromatic heterocycles. The summed E-state index contributed by atoms with van der Waals surface area (Å²) in [4.78, 5) is 21.7. The highest BCUT2D eigenvalue weighted by Crippen LogP contribution is 2.26. The van der Waals surface area contributed by atoms with Gasteiger partial charge >= 0.3 is 0 Å². The van der Waals surface area contributed by atoms with E-state index in [1.165, 1.54) is 0 Å². The molecule has 0 radical (unpaired) electrons. The van der Waals surface area contributed by atoms with Crippen LogP contribution in [0.3, 0.4) is 0 Å². The highest BCUT2D eigenvalue weighted by Gasteiger charge is 2.37. The molecule has 116 valence electrons. The summed E-state index contributed by atoms with van der Waals surface area (Å²) < 4.78 is 5.86. The Bertz CT molecular complexity index is 598. The molecule has 3 rings (SSSR count). The van der Waals surface area contributed by atoms with Crippen molar-refractivity contribution in [1.82, 2.24) is 14.9 Å². The molecule has 0 saturated carbocycles. The Labute approximate surface area is 130 Å². The third kappa shape index (κ3) is 3.04. The number of hydrogen-bond acceptors (Lipinski definition) is 3. The number of H-pyrrole nitrogens is 1. The average Bonchev–Trinajstić information content (AvgIpc) is 3.19. The van der Waals surface area contributed by atoms with Crippen molar-refractivity contribution in [3.8, 4) is 0 Å². The van der Waals surface area contributed by atoms with Gasteiger partial charge in [-0.2, -0.15) is 0 Å². The molecule has 1 N–H and O–H groups in total. The zero-order valence-electron chi connectivity index (χ0n) is 12.7. The van der Waals surface area contributed by atoms with Crippen molar-refractivity contribution >= 4 is 5.91 Å². The molecule has 1 fully saturated rings. The largest absolute Gasteiger partial charge is 0.376 e. The lowest BCUT2D eigenvalue weighted by Gasteiger charge is -2.28. The maximum Gasteiger partial charge on any atom is 0.255 e. The van der Waals surface area contributed by atoms with Crippen LogP contribution in [0.4, 0.5) is 0 Å². The highest BCUT2D eigenvalue weighted by molar-refractivity contribution is 5.94. The Morgan fingerprint density at radius 3 is 3.09 bits per heavy atom. The number of nitrogens with zero attached hydrogens (tertiary/aromatic N) is 2. The summed E-state index contributed by atoms with van der Waals surface area (Å²) in [6.07, 6.45) is 8.90. The van der Waals surface area contributed by atoms with E-state index in [0.717, 1.165) is 24.9 Å². The van der Waals surface area contributed by atoms with Crippen LogP contribution in [0.1, 0.15) is 29.3 Å². The molecule has 0 spiro atoms. The van der Waals surface area contributed by atoms with Crippen LogP contribution in [0.25, 0.3) is 0 Å². The van der Waals surface area contributed by atoms with Gasteiger partial charge in [-0.25, -0.2) is 0 Å². The molecular formula is C17H21N3O2. The van der Waals surface area contributed by atoms with E-state index < -0.39 is 0 Å². The van der Waals surface area contributed by atoms with Gasteiger partial charge in [0.25, 0.3) is 5.91 Å².